The van der Waals surface area contributed by atoms with Crippen molar-refractivity contribution in [2.24, 2.45) is 0 Å². The predicted octanol–water partition coefficient (Wildman–Crippen LogP) is 2.04. The second-order valence-corrected chi connectivity index (χ2v) is 15.1. The summed E-state index contributed by atoms with van der Waals surface area (Å²) in [5.41, 5.74) is 4.73. The second-order valence-electron chi connectivity index (χ2n) is 6.69. The molecule has 0 radical (unpaired) electrons. The molecular weight excluding hydrogens is 585 g/mol. The van der Waals surface area contributed by atoms with E-state index in [2.05, 4.69) is 4.98 Å². The van der Waals surface area contributed by atoms with Crippen molar-refractivity contribution in [1.82, 2.24) is 9.55 Å². The minimum atomic E-state index is -4.03. The van der Waals surface area contributed by atoms with Gasteiger partial charge in [0.25, 0.3) is 0 Å². The van der Waals surface area contributed by atoms with Gasteiger partial charge in [-0.05, 0) is 6.07 Å². The van der Waals surface area contributed by atoms with Gasteiger partial charge in [-0.25, -0.2) is 13.8 Å². The summed E-state index contributed by atoms with van der Waals surface area (Å²) in [6.45, 7) is -0.143. The van der Waals surface area contributed by atoms with Gasteiger partial charge >= 0.3 is 13.5 Å². The van der Waals surface area contributed by atoms with Crippen molar-refractivity contribution in [2.75, 3.05) is 61.8 Å². The molecule has 35 heavy (non-hydrogen) atoms. The third kappa shape index (κ3) is 10.9. The summed E-state index contributed by atoms with van der Waals surface area (Å²) in [6.07, 6.45) is -1.97. The maximum atomic E-state index is 14.8. The lowest BCUT2D eigenvalue weighted by molar-refractivity contribution is 0.0561. The van der Waals surface area contributed by atoms with Gasteiger partial charge in [0.05, 0.1) is 38.3 Å². The van der Waals surface area contributed by atoms with Crippen LogP contribution in [0.3, 0.4) is 0 Å². The highest BCUT2D eigenvalue weighted by molar-refractivity contribution is 8.77. The van der Waals surface area contributed by atoms with Crippen LogP contribution < -0.4 is 11.4 Å². The molecule has 1 aromatic heterocycles. The summed E-state index contributed by atoms with van der Waals surface area (Å²) in [7, 11) is 1.70. The van der Waals surface area contributed by atoms with Crippen molar-refractivity contribution in [3.05, 3.63) is 22.7 Å². The summed E-state index contributed by atoms with van der Waals surface area (Å²) in [5, 5.41) is 26.1. The Labute approximate surface area is 222 Å². The van der Waals surface area contributed by atoms with Crippen molar-refractivity contribution in [1.29, 1.82) is 0 Å². The van der Waals surface area contributed by atoms with Crippen LogP contribution in [0, 0.1) is 0 Å². The highest BCUT2D eigenvalue weighted by Crippen LogP contribution is 2.52. The number of phosphoric ester groups is 1. The van der Waals surface area contributed by atoms with Gasteiger partial charge in [0.15, 0.2) is 6.17 Å². The standard InChI is InChI=1S/C17H29FN3O8PS5/c18-14-15(24)12(35-16(14)21-2-1-13(19)20-17(21)25)11-29-30(26,27-5-9-33-31-7-3-22)28-6-10-34-32-8-4-23/h1-2,12,14-16,22-24H,3-11H2,(H2,19,20,25)/t12-,14+,15-,16-/m1/s1. The van der Waals surface area contributed by atoms with Crippen LogP contribution in [-0.4, -0.2) is 98.4 Å². The average Bonchev–Trinajstić information content (AvgIpc) is 3.11. The Balaban J connectivity index is 1.94. The summed E-state index contributed by atoms with van der Waals surface area (Å²) in [4.78, 5) is 15.7. The lowest BCUT2D eigenvalue weighted by Gasteiger charge is -2.21. The Bertz CT molecular complexity index is 842. The van der Waals surface area contributed by atoms with E-state index in [1.54, 1.807) is 0 Å². The number of aliphatic hydroxyl groups excluding tert-OH is 3. The van der Waals surface area contributed by atoms with Crippen LogP contribution in [0.25, 0.3) is 0 Å². The van der Waals surface area contributed by atoms with Crippen molar-refractivity contribution in [2.45, 2.75) is 22.9 Å². The molecular formula is C17H29FN3O8PS5. The molecule has 5 N–H and O–H groups in total. The van der Waals surface area contributed by atoms with Gasteiger partial charge in [-0.15, -0.1) is 11.8 Å². The van der Waals surface area contributed by atoms with Gasteiger partial charge in [0, 0.05) is 29.2 Å². The molecule has 2 heterocycles. The largest absolute Gasteiger partial charge is 0.474 e. The molecule has 1 fully saturated rings. The van der Waals surface area contributed by atoms with E-state index in [0.717, 1.165) is 16.3 Å². The fraction of sp³-hybridized carbons (Fsp3) is 0.765. The van der Waals surface area contributed by atoms with Crippen LogP contribution in [-0.2, 0) is 18.1 Å². The number of hydrogen-bond donors (Lipinski definition) is 4. The number of nitrogen functional groups attached to an aromatic ring is 1. The van der Waals surface area contributed by atoms with Crippen molar-refractivity contribution >= 4 is 68.6 Å². The molecule has 18 heteroatoms. The summed E-state index contributed by atoms with van der Waals surface area (Å²) in [5.74, 6) is 2.02. The molecule has 0 aromatic carbocycles. The van der Waals surface area contributed by atoms with E-state index in [1.807, 2.05) is 0 Å². The number of nitrogens with two attached hydrogens (primary N) is 1. The SMILES string of the molecule is Nc1ccn([C@@H]2S[C@H](COP(=O)(OCCSSCCO)OCCSSCCO)[C@@H](O)[C@@H]2F)c(=O)n1. The van der Waals surface area contributed by atoms with Crippen LogP contribution >= 0.6 is 62.8 Å². The van der Waals surface area contributed by atoms with Crippen LogP contribution in [0.4, 0.5) is 10.2 Å². The van der Waals surface area contributed by atoms with Gasteiger partial charge in [0.1, 0.15) is 17.3 Å². The Morgan fingerprint density at radius 1 is 1.09 bits per heavy atom. The number of nitrogens with zero attached hydrogens (tertiary/aromatic N) is 2. The molecule has 1 aromatic rings. The molecule has 11 nitrogen and oxygen atoms in total. The van der Waals surface area contributed by atoms with Crippen molar-refractivity contribution in [3.8, 4) is 0 Å². The zero-order chi connectivity index (χ0) is 25.7. The van der Waals surface area contributed by atoms with E-state index in [-0.39, 0.29) is 38.9 Å². The first-order valence-corrected chi connectivity index (χ1v) is 17.8. The molecule has 0 bridgehead atoms. The molecule has 4 atom stereocenters. The molecule has 1 aliphatic rings. The van der Waals surface area contributed by atoms with E-state index in [0.29, 0.717) is 23.0 Å². The zero-order valence-corrected chi connectivity index (χ0v) is 23.5. The molecule has 0 spiro atoms. The van der Waals surface area contributed by atoms with Crippen LogP contribution in [0.15, 0.2) is 17.1 Å². The summed E-state index contributed by atoms with van der Waals surface area (Å²) in [6, 6.07) is 1.36. The Morgan fingerprint density at radius 3 is 2.20 bits per heavy atom. The maximum absolute atomic E-state index is 14.8. The first-order valence-electron chi connectivity index (χ1n) is 10.4. The van der Waals surface area contributed by atoms with E-state index in [4.69, 9.17) is 29.5 Å². The fourth-order valence-corrected chi connectivity index (χ4v) is 8.79. The zero-order valence-electron chi connectivity index (χ0n) is 18.5. The van der Waals surface area contributed by atoms with E-state index in [1.165, 1.54) is 55.4 Å². The molecule has 2 rings (SSSR count). The number of hydrogen-bond acceptors (Lipinski definition) is 15. The maximum Gasteiger partial charge on any atom is 0.474 e. The van der Waals surface area contributed by atoms with Crippen molar-refractivity contribution < 1.29 is 37.8 Å². The smallest absolute Gasteiger partial charge is 0.395 e. The molecule has 0 unspecified atom stereocenters. The molecule has 0 amide bonds. The minimum absolute atomic E-state index is 0.00108. The number of thioether (sulfide) groups is 1. The number of halogens is 1. The summed E-state index contributed by atoms with van der Waals surface area (Å²) < 4.78 is 45.2. The van der Waals surface area contributed by atoms with Crippen LogP contribution in [0.5, 0.6) is 0 Å². The number of aliphatic hydroxyl groups is 3. The third-order valence-electron chi connectivity index (χ3n) is 4.16. The first kappa shape index (κ1) is 31.6. The number of aromatic nitrogens is 2. The molecule has 0 aliphatic carbocycles. The lowest BCUT2D eigenvalue weighted by atomic mass is 10.1. The van der Waals surface area contributed by atoms with E-state index in [9.17, 15) is 18.9 Å². The van der Waals surface area contributed by atoms with Gasteiger partial charge in [-0.1, -0.05) is 43.2 Å². The topological polar surface area (TPSA) is 166 Å². The Hall–Kier alpha value is 0.350. The van der Waals surface area contributed by atoms with E-state index >= 15 is 0 Å². The quantitative estimate of drug-likeness (QED) is 0.108. The van der Waals surface area contributed by atoms with Crippen LogP contribution in [0.2, 0.25) is 0 Å². The lowest BCUT2D eigenvalue weighted by Crippen LogP contribution is -2.33. The number of rotatable bonds is 18. The van der Waals surface area contributed by atoms with Gasteiger partial charge in [-0.2, -0.15) is 4.98 Å². The average molecular weight is 614 g/mol. The first-order chi connectivity index (χ1) is 16.8. The molecule has 1 saturated heterocycles. The number of alkyl halides is 1. The fourth-order valence-electron chi connectivity index (χ4n) is 2.64. The Morgan fingerprint density at radius 2 is 1.66 bits per heavy atom. The second kappa shape index (κ2) is 17.0. The molecule has 0 saturated carbocycles. The van der Waals surface area contributed by atoms with Crippen molar-refractivity contribution in [3.63, 3.8) is 0 Å². The predicted molar refractivity (Wildman–Crippen MR) is 144 cm³/mol. The third-order valence-corrected chi connectivity index (χ3v) is 11.9. The van der Waals surface area contributed by atoms with Gasteiger partial charge in [0.2, 0.25) is 0 Å². The molecule has 202 valence electrons. The van der Waals surface area contributed by atoms with Crippen LogP contribution in [0.1, 0.15) is 5.37 Å². The molecule has 1 aliphatic heterocycles. The monoisotopic (exact) mass is 613 g/mol. The number of anilines is 1. The Kier molecular flexibility index (Phi) is 15.4. The highest BCUT2D eigenvalue weighted by atomic mass is 33.1. The van der Waals surface area contributed by atoms with Gasteiger partial charge < -0.3 is 21.1 Å². The normalized spacial score (nSPS) is 22.6. The minimum Gasteiger partial charge on any atom is -0.395 e. The van der Waals surface area contributed by atoms with E-state index < -0.39 is 36.4 Å². The highest BCUT2D eigenvalue weighted by Gasteiger charge is 2.46. The number of phosphoric acid groups is 1. The summed E-state index contributed by atoms with van der Waals surface area (Å²) >= 11 is 0.953. The van der Waals surface area contributed by atoms with Gasteiger partial charge in [-0.3, -0.25) is 18.1 Å².